The first kappa shape index (κ1) is 14.0. The molecule has 0 spiro atoms. The Kier molecular flexibility index (Phi) is 4.19. The molecule has 1 aliphatic rings. The zero-order valence-electron chi connectivity index (χ0n) is 11.2. The smallest absolute Gasteiger partial charge is 0.329 e. The predicted octanol–water partition coefficient (Wildman–Crippen LogP) is 0.173. The van der Waals surface area contributed by atoms with Crippen molar-refractivity contribution < 1.29 is 9.90 Å². The van der Waals surface area contributed by atoms with E-state index in [-0.39, 0.29) is 0 Å². The third kappa shape index (κ3) is 3.12. The maximum absolute atomic E-state index is 11.6. The number of piperazine rings is 1. The number of nitrogens with zero attached hydrogens (tertiary/aromatic N) is 2. The third-order valence-corrected chi connectivity index (χ3v) is 3.74. The highest BCUT2D eigenvalue weighted by Crippen LogP contribution is 2.20. The lowest BCUT2D eigenvalue weighted by Gasteiger charge is -2.37. The molecule has 1 heterocycles. The first-order chi connectivity index (χ1) is 9.02. The average Bonchev–Trinajstić information content (AvgIpc) is 2.42. The molecule has 0 aromatic heterocycles. The molecule has 1 saturated heterocycles. The molecule has 2 rings (SSSR count). The minimum absolute atomic E-state index is 0.347. The summed E-state index contributed by atoms with van der Waals surface area (Å²) in [5.41, 5.74) is 5.49. The normalized spacial score (nSPS) is 20.9. The van der Waals surface area contributed by atoms with Gasteiger partial charge in [-0.2, -0.15) is 0 Å². The topological polar surface area (TPSA) is 69.8 Å². The summed E-state index contributed by atoms with van der Waals surface area (Å²) in [6, 6.07) is 9.07. The van der Waals surface area contributed by atoms with E-state index in [1.54, 1.807) is 12.1 Å². The van der Waals surface area contributed by atoms with Gasteiger partial charge in [-0.15, -0.1) is 0 Å². The largest absolute Gasteiger partial charge is 0.480 e. The first-order valence-corrected chi connectivity index (χ1v) is 6.51. The van der Waals surface area contributed by atoms with Crippen LogP contribution in [0.15, 0.2) is 30.3 Å². The van der Waals surface area contributed by atoms with Crippen LogP contribution in [0.4, 0.5) is 0 Å². The van der Waals surface area contributed by atoms with Gasteiger partial charge in [0.2, 0.25) is 0 Å². The van der Waals surface area contributed by atoms with Gasteiger partial charge >= 0.3 is 5.97 Å². The molecule has 104 valence electrons. The molecule has 0 saturated carbocycles. The van der Waals surface area contributed by atoms with Gasteiger partial charge in [-0.1, -0.05) is 30.3 Å². The van der Waals surface area contributed by atoms with Crippen molar-refractivity contribution in [3.63, 3.8) is 0 Å². The average molecular weight is 263 g/mol. The van der Waals surface area contributed by atoms with Gasteiger partial charge in [0, 0.05) is 32.7 Å². The van der Waals surface area contributed by atoms with Crippen LogP contribution in [-0.4, -0.2) is 60.6 Å². The maximum atomic E-state index is 11.6. The van der Waals surface area contributed by atoms with Crippen LogP contribution in [0, 0.1) is 0 Å². The third-order valence-electron chi connectivity index (χ3n) is 3.74. The zero-order valence-corrected chi connectivity index (χ0v) is 11.2. The summed E-state index contributed by atoms with van der Waals surface area (Å²) in [7, 11) is 2.07. The summed E-state index contributed by atoms with van der Waals surface area (Å²) in [6.45, 7) is 3.96. The highest BCUT2D eigenvalue weighted by atomic mass is 16.4. The molecule has 5 heteroatoms. The molecule has 1 aliphatic heterocycles. The molecule has 1 aromatic rings. The number of nitrogens with two attached hydrogens (primary N) is 1. The number of carboxylic acid groups (broad SMARTS) is 1. The molecule has 1 unspecified atom stereocenters. The van der Waals surface area contributed by atoms with E-state index < -0.39 is 11.5 Å². The summed E-state index contributed by atoms with van der Waals surface area (Å²) in [6.07, 6.45) is 0. The van der Waals surface area contributed by atoms with E-state index in [9.17, 15) is 9.90 Å². The van der Waals surface area contributed by atoms with E-state index >= 15 is 0 Å². The van der Waals surface area contributed by atoms with Crippen molar-refractivity contribution in [2.24, 2.45) is 5.73 Å². The van der Waals surface area contributed by atoms with Crippen molar-refractivity contribution >= 4 is 5.97 Å². The van der Waals surface area contributed by atoms with E-state index in [0.29, 0.717) is 12.1 Å². The van der Waals surface area contributed by atoms with Gasteiger partial charge in [0.05, 0.1) is 0 Å². The Hall–Kier alpha value is -1.43. The molecular formula is C14H21N3O2. The van der Waals surface area contributed by atoms with Crippen LogP contribution in [-0.2, 0) is 10.3 Å². The first-order valence-electron chi connectivity index (χ1n) is 6.51. The van der Waals surface area contributed by atoms with E-state index in [4.69, 9.17) is 5.73 Å². The number of likely N-dealkylation sites (N-methyl/N-ethyl adjacent to an activating group) is 1. The molecule has 3 N–H and O–H groups in total. The van der Waals surface area contributed by atoms with E-state index in [0.717, 1.165) is 26.2 Å². The predicted molar refractivity (Wildman–Crippen MR) is 73.9 cm³/mol. The van der Waals surface area contributed by atoms with Gasteiger partial charge < -0.3 is 15.7 Å². The lowest BCUT2D eigenvalue weighted by atomic mass is 9.90. The Bertz CT molecular complexity index is 430. The molecule has 1 aromatic carbocycles. The van der Waals surface area contributed by atoms with Crippen molar-refractivity contribution in [2.45, 2.75) is 5.54 Å². The molecular weight excluding hydrogens is 242 g/mol. The maximum Gasteiger partial charge on any atom is 0.329 e. The van der Waals surface area contributed by atoms with Crippen molar-refractivity contribution in [3.8, 4) is 0 Å². The van der Waals surface area contributed by atoms with Crippen molar-refractivity contribution in [1.82, 2.24) is 9.80 Å². The summed E-state index contributed by atoms with van der Waals surface area (Å²) in [5.74, 6) is -0.974. The van der Waals surface area contributed by atoms with Gasteiger partial charge in [0.15, 0.2) is 5.54 Å². The van der Waals surface area contributed by atoms with Gasteiger partial charge in [-0.05, 0) is 12.6 Å². The quantitative estimate of drug-likeness (QED) is 0.810. The second-order valence-corrected chi connectivity index (χ2v) is 5.22. The van der Waals surface area contributed by atoms with Gasteiger partial charge in [0.25, 0.3) is 0 Å². The van der Waals surface area contributed by atoms with Crippen LogP contribution in [0.3, 0.4) is 0 Å². The second kappa shape index (κ2) is 5.69. The summed E-state index contributed by atoms with van der Waals surface area (Å²) >= 11 is 0. The van der Waals surface area contributed by atoms with Crippen LogP contribution in [0.1, 0.15) is 5.56 Å². The number of benzene rings is 1. The Morgan fingerprint density at radius 3 is 2.37 bits per heavy atom. The molecule has 1 fully saturated rings. The van der Waals surface area contributed by atoms with Crippen LogP contribution < -0.4 is 5.73 Å². The zero-order chi connectivity index (χ0) is 13.9. The molecule has 0 aliphatic carbocycles. The van der Waals surface area contributed by atoms with Crippen molar-refractivity contribution in [1.29, 1.82) is 0 Å². The van der Waals surface area contributed by atoms with Crippen LogP contribution in [0.5, 0.6) is 0 Å². The highest BCUT2D eigenvalue weighted by molar-refractivity contribution is 5.80. The lowest BCUT2D eigenvalue weighted by Crippen LogP contribution is -2.56. The fourth-order valence-electron chi connectivity index (χ4n) is 2.38. The molecule has 19 heavy (non-hydrogen) atoms. The fourth-order valence-corrected chi connectivity index (χ4v) is 2.38. The van der Waals surface area contributed by atoms with Gasteiger partial charge in [-0.25, -0.2) is 4.79 Å². The minimum atomic E-state index is -1.34. The summed E-state index contributed by atoms with van der Waals surface area (Å²) in [4.78, 5) is 16.0. The van der Waals surface area contributed by atoms with Crippen LogP contribution in [0.25, 0.3) is 0 Å². The summed E-state index contributed by atoms with van der Waals surface area (Å²) < 4.78 is 0. The Morgan fingerprint density at radius 2 is 1.84 bits per heavy atom. The molecule has 0 radical (unpaired) electrons. The lowest BCUT2D eigenvalue weighted by molar-refractivity contribution is -0.144. The highest BCUT2D eigenvalue weighted by Gasteiger charge is 2.38. The van der Waals surface area contributed by atoms with Crippen LogP contribution in [0.2, 0.25) is 0 Å². The number of hydrogen-bond donors (Lipinski definition) is 2. The fraction of sp³-hybridized carbons (Fsp3) is 0.500. The number of carbonyl (C=O) groups is 1. The standard InChI is InChI=1S/C14H21N3O2/c1-16-7-9-17(10-8-16)11-14(15,13(18)19)12-5-3-2-4-6-12/h2-6H,7-11,15H2,1H3,(H,18,19). The molecule has 1 atom stereocenters. The van der Waals surface area contributed by atoms with Gasteiger partial charge in [0.1, 0.15) is 0 Å². The monoisotopic (exact) mass is 263 g/mol. The van der Waals surface area contributed by atoms with Crippen molar-refractivity contribution in [3.05, 3.63) is 35.9 Å². The second-order valence-electron chi connectivity index (χ2n) is 5.22. The van der Waals surface area contributed by atoms with Crippen LogP contribution >= 0.6 is 0 Å². The Balaban J connectivity index is 2.14. The van der Waals surface area contributed by atoms with Gasteiger partial charge in [-0.3, -0.25) is 4.90 Å². The number of aliphatic carboxylic acids is 1. The van der Waals surface area contributed by atoms with E-state index in [2.05, 4.69) is 16.8 Å². The summed E-state index contributed by atoms with van der Waals surface area (Å²) in [5, 5.41) is 9.51. The molecule has 5 nitrogen and oxygen atoms in total. The van der Waals surface area contributed by atoms with E-state index in [1.165, 1.54) is 0 Å². The number of hydrogen-bond acceptors (Lipinski definition) is 4. The van der Waals surface area contributed by atoms with Crippen molar-refractivity contribution in [2.75, 3.05) is 39.8 Å². The molecule has 0 amide bonds. The Labute approximate surface area is 113 Å². The van der Waals surface area contributed by atoms with E-state index in [1.807, 2.05) is 18.2 Å². The molecule has 0 bridgehead atoms. The number of rotatable bonds is 4. The minimum Gasteiger partial charge on any atom is -0.480 e. The number of carboxylic acids is 1. The Morgan fingerprint density at radius 1 is 1.26 bits per heavy atom. The SMILES string of the molecule is CN1CCN(CC(N)(C(=O)O)c2ccccc2)CC1.